The van der Waals surface area contributed by atoms with E-state index in [9.17, 15) is 4.79 Å². The summed E-state index contributed by atoms with van der Waals surface area (Å²) in [5, 5.41) is 12.9. The van der Waals surface area contributed by atoms with E-state index in [1.54, 1.807) is 23.5 Å². The first-order valence-electron chi connectivity index (χ1n) is 6.82. The van der Waals surface area contributed by atoms with Crippen LogP contribution in [0.4, 0.5) is 6.01 Å². The summed E-state index contributed by atoms with van der Waals surface area (Å²) in [7, 11) is 0. The van der Waals surface area contributed by atoms with Crippen LogP contribution in [0, 0.1) is 0 Å². The largest absolute Gasteiger partial charge is 0.482 e. The summed E-state index contributed by atoms with van der Waals surface area (Å²) in [6.45, 7) is -0.246. The van der Waals surface area contributed by atoms with Crippen LogP contribution in [0.15, 0.2) is 40.1 Å². The number of amides is 1. The van der Waals surface area contributed by atoms with Crippen LogP contribution < -0.4 is 10.1 Å². The lowest BCUT2D eigenvalue weighted by atomic mass is 10.3. The van der Waals surface area contributed by atoms with Gasteiger partial charge in [0.2, 0.25) is 5.89 Å². The van der Waals surface area contributed by atoms with E-state index in [0.717, 1.165) is 4.88 Å². The van der Waals surface area contributed by atoms with Crippen molar-refractivity contribution < 1.29 is 13.9 Å². The van der Waals surface area contributed by atoms with E-state index in [0.29, 0.717) is 28.1 Å². The molecule has 0 radical (unpaired) electrons. The van der Waals surface area contributed by atoms with Crippen molar-refractivity contribution in [1.29, 1.82) is 0 Å². The molecule has 124 valence electrons. The van der Waals surface area contributed by atoms with Gasteiger partial charge in [-0.2, -0.15) is 0 Å². The second-order valence-electron chi connectivity index (χ2n) is 4.67. The van der Waals surface area contributed by atoms with Gasteiger partial charge >= 0.3 is 6.01 Å². The van der Waals surface area contributed by atoms with Crippen LogP contribution in [0.2, 0.25) is 10.0 Å². The molecular weight excluding hydrogens is 373 g/mol. The zero-order valence-corrected chi connectivity index (χ0v) is 14.5. The number of hydrogen-bond donors (Lipinski definition) is 1. The molecule has 1 N–H and O–H groups in total. The average molecular weight is 384 g/mol. The molecule has 0 fully saturated rings. The Morgan fingerprint density at radius 3 is 2.92 bits per heavy atom. The molecule has 24 heavy (non-hydrogen) atoms. The van der Waals surface area contributed by atoms with E-state index in [-0.39, 0.29) is 12.6 Å². The van der Waals surface area contributed by atoms with Crippen molar-refractivity contribution in [2.75, 3.05) is 11.9 Å². The Hall–Kier alpha value is -2.09. The quantitative estimate of drug-likeness (QED) is 0.694. The van der Waals surface area contributed by atoms with Gasteiger partial charge in [0, 0.05) is 9.90 Å². The first kappa shape index (κ1) is 16.8. The zero-order valence-electron chi connectivity index (χ0n) is 12.2. The first-order chi connectivity index (χ1) is 11.6. The van der Waals surface area contributed by atoms with E-state index in [1.807, 2.05) is 17.5 Å². The highest BCUT2D eigenvalue weighted by molar-refractivity contribution is 7.09. The predicted molar refractivity (Wildman–Crippen MR) is 92.0 cm³/mol. The summed E-state index contributed by atoms with van der Waals surface area (Å²) >= 11 is 13.3. The van der Waals surface area contributed by atoms with Crippen molar-refractivity contribution >= 4 is 46.5 Å². The molecule has 0 aliphatic carbocycles. The van der Waals surface area contributed by atoms with Gasteiger partial charge in [0.1, 0.15) is 5.75 Å². The standard InChI is InChI=1S/C15H11Cl2N3O3S/c16-9-3-4-12(11(17)6-9)22-8-13(21)18-15-20-19-14(23-15)7-10-2-1-5-24-10/h1-6H,7-8H2,(H,18,20,21). The average Bonchev–Trinajstić information content (AvgIpc) is 3.19. The number of anilines is 1. The number of rotatable bonds is 6. The van der Waals surface area contributed by atoms with Gasteiger partial charge in [0.25, 0.3) is 5.91 Å². The maximum atomic E-state index is 11.9. The lowest BCUT2D eigenvalue weighted by molar-refractivity contribution is -0.118. The van der Waals surface area contributed by atoms with Crippen LogP contribution in [0.3, 0.4) is 0 Å². The third-order valence-electron chi connectivity index (χ3n) is 2.87. The highest BCUT2D eigenvalue weighted by atomic mass is 35.5. The molecule has 3 rings (SSSR count). The Labute approximate surface area is 151 Å². The molecule has 9 heteroatoms. The molecule has 0 atom stereocenters. The molecular formula is C15H11Cl2N3O3S. The smallest absolute Gasteiger partial charge is 0.322 e. The van der Waals surface area contributed by atoms with Crippen molar-refractivity contribution in [3.05, 3.63) is 56.5 Å². The Bertz CT molecular complexity index is 836. The number of hydrogen-bond acceptors (Lipinski definition) is 6. The van der Waals surface area contributed by atoms with Crippen molar-refractivity contribution in [3.8, 4) is 5.75 Å². The number of benzene rings is 1. The third-order valence-corrected chi connectivity index (χ3v) is 4.28. The lowest BCUT2D eigenvalue weighted by Crippen LogP contribution is -2.20. The third kappa shape index (κ3) is 4.47. The number of carbonyl (C=O) groups is 1. The van der Waals surface area contributed by atoms with Gasteiger partial charge in [-0.3, -0.25) is 10.1 Å². The number of nitrogens with zero attached hydrogens (tertiary/aromatic N) is 2. The molecule has 1 aromatic carbocycles. The number of nitrogens with one attached hydrogen (secondary N) is 1. The summed E-state index contributed by atoms with van der Waals surface area (Å²) in [4.78, 5) is 13.0. The number of aromatic nitrogens is 2. The number of halogens is 2. The van der Waals surface area contributed by atoms with Crippen molar-refractivity contribution in [1.82, 2.24) is 10.2 Å². The Morgan fingerprint density at radius 2 is 2.17 bits per heavy atom. The minimum atomic E-state index is -0.438. The molecule has 0 saturated carbocycles. The lowest BCUT2D eigenvalue weighted by Gasteiger charge is -2.07. The Morgan fingerprint density at radius 1 is 1.29 bits per heavy atom. The molecule has 2 heterocycles. The minimum absolute atomic E-state index is 0.0253. The summed E-state index contributed by atoms with van der Waals surface area (Å²) in [5.41, 5.74) is 0. The first-order valence-corrected chi connectivity index (χ1v) is 8.46. The number of thiophene rings is 1. The zero-order chi connectivity index (χ0) is 16.9. The predicted octanol–water partition coefficient (Wildman–Crippen LogP) is 4.05. The van der Waals surface area contributed by atoms with Gasteiger partial charge in [0.15, 0.2) is 6.61 Å². The Balaban J connectivity index is 1.52. The molecule has 0 aliphatic rings. The van der Waals surface area contributed by atoms with E-state index in [1.165, 1.54) is 6.07 Å². The van der Waals surface area contributed by atoms with Gasteiger partial charge in [-0.25, -0.2) is 0 Å². The summed E-state index contributed by atoms with van der Waals surface area (Å²) in [5.74, 6) is 0.349. The maximum absolute atomic E-state index is 11.9. The summed E-state index contributed by atoms with van der Waals surface area (Å²) < 4.78 is 10.7. The monoisotopic (exact) mass is 383 g/mol. The molecule has 0 saturated heterocycles. The van der Waals surface area contributed by atoms with Crippen LogP contribution in [-0.2, 0) is 11.2 Å². The van der Waals surface area contributed by atoms with Gasteiger partial charge < -0.3 is 9.15 Å². The number of ether oxygens (including phenoxy) is 1. The van der Waals surface area contributed by atoms with Crippen molar-refractivity contribution in [2.24, 2.45) is 0 Å². The van der Waals surface area contributed by atoms with Gasteiger partial charge in [-0.1, -0.05) is 34.4 Å². The fraction of sp³-hybridized carbons (Fsp3) is 0.133. The topological polar surface area (TPSA) is 77.2 Å². The van der Waals surface area contributed by atoms with Gasteiger partial charge in [-0.05, 0) is 29.6 Å². The van der Waals surface area contributed by atoms with Crippen LogP contribution >= 0.6 is 34.5 Å². The fourth-order valence-corrected chi connectivity index (χ4v) is 2.99. The minimum Gasteiger partial charge on any atom is -0.482 e. The van der Waals surface area contributed by atoms with Gasteiger partial charge in [-0.15, -0.1) is 16.4 Å². The maximum Gasteiger partial charge on any atom is 0.322 e. The normalized spacial score (nSPS) is 10.6. The van der Waals surface area contributed by atoms with Crippen LogP contribution in [0.5, 0.6) is 5.75 Å². The van der Waals surface area contributed by atoms with Crippen molar-refractivity contribution in [3.63, 3.8) is 0 Å². The second kappa shape index (κ2) is 7.65. The van der Waals surface area contributed by atoms with Crippen molar-refractivity contribution in [2.45, 2.75) is 6.42 Å². The fourth-order valence-electron chi connectivity index (χ4n) is 1.83. The van der Waals surface area contributed by atoms with E-state index < -0.39 is 5.91 Å². The highest BCUT2D eigenvalue weighted by Gasteiger charge is 2.12. The SMILES string of the molecule is O=C(COc1ccc(Cl)cc1Cl)Nc1nnc(Cc2cccs2)o1. The van der Waals surface area contributed by atoms with Gasteiger partial charge in [0.05, 0.1) is 11.4 Å². The Kier molecular flexibility index (Phi) is 5.34. The molecule has 0 aliphatic heterocycles. The molecule has 0 bridgehead atoms. The van der Waals surface area contributed by atoms with E-state index >= 15 is 0 Å². The molecule has 2 aromatic heterocycles. The van der Waals surface area contributed by atoms with Crippen LogP contribution in [-0.4, -0.2) is 22.7 Å². The summed E-state index contributed by atoms with van der Waals surface area (Å²) in [6.07, 6.45) is 0.525. The van der Waals surface area contributed by atoms with Crippen LogP contribution in [0.25, 0.3) is 0 Å². The molecule has 0 unspecified atom stereocenters. The highest BCUT2D eigenvalue weighted by Crippen LogP contribution is 2.27. The number of carbonyl (C=O) groups excluding carboxylic acids is 1. The molecule has 1 amide bonds. The molecule has 0 spiro atoms. The molecule has 6 nitrogen and oxygen atoms in total. The van der Waals surface area contributed by atoms with E-state index in [4.69, 9.17) is 32.4 Å². The second-order valence-corrected chi connectivity index (χ2v) is 6.54. The summed E-state index contributed by atoms with van der Waals surface area (Å²) in [6, 6.07) is 8.68. The van der Waals surface area contributed by atoms with Crippen LogP contribution in [0.1, 0.15) is 10.8 Å². The molecule has 3 aromatic rings. The van der Waals surface area contributed by atoms with E-state index in [2.05, 4.69) is 15.5 Å².